The number of hydrogen-bond donors (Lipinski definition) is 4. The van der Waals surface area contributed by atoms with E-state index in [2.05, 4.69) is 10.3 Å². The fourth-order valence-electron chi connectivity index (χ4n) is 1.41. The van der Waals surface area contributed by atoms with Crippen molar-refractivity contribution in [2.45, 2.75) is 0 Å². The molecule has 0 aliphatic carbocycles. The molecule has 1 aromatic heterocycles. The monoisotopic (exact) mass is 306 g/mol. The van der Waals surface area contributed by atoms with E-state index in [1.54, 1.807) is 7.05 Å². The number of nitrogen functional groups attached to an aromatic ring is 1. The van der Waals surface area contributed by atoms with Crippen LogP contribution in [0.2, 0.25) is 0 Å². The molecule has 1 aromatic carbocycles. The van der Waals surface area contributed by atoms with Crippen LogP contribution in [0.5, 0.6) is 0 Å². The van der Waals surface area contributed by atoms with Crippen LogP contribution in [0.15, 0.2) is 36.5 Å². The molecule has 1 amide bonds. The number of pyridine rings is 1. The van der Waals surface area contributed by atoms with Crippen LogP contribution in [0, 0.1) is 5.82 Å². The van der Waals surface area contributed by atoms with E-state index in [1.807, 2.05) is 0 Å². The topological polar surface area (TPSA) is 117 Å². The Kier molecular flexibility index (Phi) is 6.45. The predicted octanol–water partition coefficient (Wildman–Crippen LogP) is 1.46. The van der Waals surface area contributed by atoms with Crippen molar-refractivity contribution < 1.29 is 19.2 Å². The summed E-state index contributed by atoms with van der Waals surface area (Å²) < 4.78 is 12.4. The van der Waals surface area contributed by atoms with Gasteiger partial charge in [-0.25, -0.2) is 9.87 Å². The molecule has 22 heavy (non-hydrogen) atoms. The number of nitrogens with two attached hydrogens (primary N) is 1. The van der Waals surface area contributed by atoms with Crippen molar-refractivity contribution in [1.29, 1.82) is 0 Å². The Morgan fingerprint density at radius 1 is 1.36 bits per heavy atom. The van der Waals surface area contributed by atoms with Gasteiger partial charge in [-0.1, -0.05) is 0 Å². The van der Waals surface area contributed by atoms with Gasteiger partial charge in [0.15, 0.2) is 6.29 Å². The lowest BCUT2D eigenvalue weighted by Crippen LogP contribution is -2.19. The van der Waals surface area contributed by atoms with Gasteiger partial charge in [0.2, 0.25) is 0 Å². The number of halogens is 1. The Labute approximate surface area is 125 Å². The number of carbonyl (C=O) groups excluding carboxylic acids is 2. The van der Waals surface area contributed by atoms with Crippen LogP contribution < -0.4 is 16.5 Å². The van der Waals surface area contributed by atoms with Gasteiger partial charge in [0, 0.05) is 18.8 Å². The molecule has 0 radical (unpaired) electrons. The zero-order chi connectivity index (χ0) is 16.5. The first kappa shape index (κ1) is 17.1. The molecule has 0 aliphatic rings. The molecule has 0 atom stereocenters. The number of aldehydes is 1. The van der Waals surface area contributed by atoms with Crippen LogP contribution >= 0.6 is 0 Å². The molecule has 0 saturated heterocycles. The average molecular weight is 306 g/mol. The first-order valence-corrected chi connectivity index (χ1v) is 6.10. The number of rotatable bonds is 3. The minimum Gasteiger partial charge on any atom is -0.397 e. The summed E-state index contributed by atoms with van der Waals surface area (Å²) in [7, 11) is 1.70. The normalized spacial score (nSPS) is 9.23. The summed E-state index contributed by atoms with van der Waals surface area (Å²) in [5.74, 6) is -0.981. The van der Waals surface area contributed by atoms with Gasteiger partial charge in [-0.2, -0.15) is 0 Å². The Hall–Kier alpha value is -3.00. The highest BCUT2D eigenvalue weighted by Crippen LogP contribution is 2.17. The first-order valence-electron chi connectivity index (χ1n) is 6.10. The lowest BCUT2D eigenvalue weighted by Gasteiger charge is -2.02. The van der Waals surface area contributed by atoms with E-state index in [0.29, 0.717) is 23.2 Å². The molecular weight excluding hydrogens is 291 g/mol. The van der Waals surface area contributed by atoms with Crippen LogP contribution in [0.3, 0.4) is 0 Å². The van der Waals surface area contributed by atoms with Gasteiger partial charge < -0.3 is 11.1 Å². The molecule has 0 unspecified atom stereocenters. The molecule has 0 saturated carbocycles. The van der Waals surface area contributed by atoms with Crippen molar-refractivity contribution in [3.05, 3.63) is 53.6 Å². The Morgan fingerprint density at radius 3 is 2.55 bits per heavy atom. The van der Waals surface area contributed by atoms with Crippen LogP contribution in [-0.4, -0.2) is 29.4 Å². The minimum atomic E-state index is -0.701. The van der Waals surface area contributed by atoms with Crippen LogP contribution in [-0.2, 0) is 0 Å². The number of benzene rings is 1. The lowest BCUT2D eigenvalue weighted by atomic mass is 10.2. The number of hydroxylamine groups is 1. The summed E-state index contributed by atoms with van der Waals surface area (Å²) in [5, 5.41) is 11.0. The van der Waals surface area contributed by atoms with Crippen molar-refractivity contribution in [2.75, 3.05) is 18.1 Å². The molecule has 0 spiro atoms. The third kappa shape index (κ3) is 4.84. The second-order valence-corrected chi connectivity index (χ2v) is 4.02. The number of amides is 1. The Balaban J connectivity index is 0.000000224. The van der Waals surface area contributed by atoms with Gasteiger partial charge in [0.05, 0.1) is 11.4 Å². The fraction of sp³-hybridized carbons (Fsp3) is 0.0714. The highest BCUT2D eigenvalue weighted by Gasteiger charge is 2.03. The third-order valence-corrected chi connectivity index (χ3v) is 2.54. The number of hydrogen-bond acceptors (Lipinski definition) is 6. The summed E-state index contributed by atoms with van der Waals surface area (Å²) in [4.78, 5) is 24.5. The fourth-order valence-corrected chi connectivity index (χ4v) is 1.41. The zero-order valence-corrected chi connectivity index (χ0v) is 11.7. The molecule has 0 aliphatic heterocycles. The second kappa shape index (κ2) is 8.32. The summed E-state index contributed by atoms with van der Waals surface area (Å²) >= 11 is 0. The number of anilines is 2. The summed E-state index contributed by atoms with van der Waals surface area (Å²) in [6, 6.07) is 6.99. The standard InChI is InChI=1S/C7H9FN2.C7H6N2O3/c1-10-7-4-5(8)2-3-6(7)9;10-4-5-1-2-6(8-3-5)7(11)9-12/h2-4,10H,9H2,1H3;1-4,12H,(H,9,11). The molecule has 1 heterocycles. The summed E-state index contributed by atoms with van der Waals surface area (Å²) in [6.45, 7) is 0. The van der Waals surface area contributed by atoms with Crippen LogP contribution in [0.4, 0.5) is 15.8 Å². The molecular formula is C14H15FN4O3. The van der Waals surface area contributed by atoms with Gasteiger partial charge in [-0.3, -0.25) is 19.8 Å². The van der Waals surface area contributed by atoms with Gasteiger partial charge in [-0.05, 0) is 30.3 Å². The maximum absolute atomic E-state index is 12.4. The maximum atomic E-state index is 12.4. The minimum absolute atomic E-state index is 0.0584. The van der Waals surface area contributed by atoms with Gasteiger partial charge >= 0.3 is 0 Å². The quantitative estimate of drug-likeness (QED) is 0.295. The maximum Gasteiger partial charge on any atom is 0.293 e. The number of nitrogens with one attached hydrogen (secondary N) is 2. The van der Waals surface area contributed by atoms with E-state index in [4.69, 9.17) is 10.9 Å². The number of nitrogens with zero attached hydrogens (tertiary/aromatic N) is 1. The number of carbonyl (C=O) groups is 2. The number of aromatic nitrogens is 1. The molecule has 7 nitrogen and oxygen atoms in total. The van der Waals surface area contributed by atoms with E-state index in [0.717, 1.165) is 0 Å². The van der Waals surface area contributed by atoms with E-state index >= 15 is 0 Å². The molecule has 0 bridgehead atoms. The van der Waals surface area contributed by atoms with Gasteiger partial charge in [0.1, 0.15) is 11.5 Å². The van der Waals surface area contributed by atoms with E-state index < -0.39 is 5.91 Å². The van der Waals surface area contributed by atoms with Crippen molar-refractivity contribution in [3.63, 3.8) is 0 Å². The van der Waals surface area contributed by atoms with Crippen molar-refractivity contribution in [2.24, 2.45) is 0 Å². The van der Waals surface area contributed by atoms with E-state index in [1.165, 1.54) is 42.0 Å². The molecule has 5 N–H and O–H groups in total. The highest BCUT2D eigenvalue weighted by atomic mass is 19.1. The summed E-state index contributed by atoms with van der Waals surface area (Å²) in [6.07, 6.45) is 1.87. The van der Waals surface area contributed by atoms with E-state index in [9.17, 15) is 14.0 Å². The molecule has 8 heteroatoms. The van der Waals surface area contributed by atoms with Gasteiger partial charge in [0.25, 0.3) is 5.91 Å². The van der Waals surface area contributed by atoms with Crippen molar-refractivity contribution in [3.8, 4) is 0 Å². The zero-order valence-electron chi connectivity index (χ0n) is 11.7. The van der Waals surface area contributed by atoms with E-state index in [-0.39, 0.29) is 11.5 Å². The predicted molar refractivity (Wildman–Crippen MR) is 79.2 cm³/mol. The molecule has 116 valence electrons. The summed E-state index contributed by atoms with van der Waals surface area (Å²) in [5.41, 5.74) is 8.52. The Bertz CT molecular complexity index is 647. The second-order valence-electron chi connectivity index (χ2n) is 4.02. The molecule has 2 rings (SSSR count). The van der Waals surface area contributed by atoms with Crippen molar-refractivity contribution >= 4 is 23.6 Å². The average Bonchev–Trinajstić information content (AvgIpc) is 2.57. The van der Waals surface area contributed by atoms with Crippen molar-refractivity contribution in [1.82, 2.24) is 10.5 Å². The third-order valence-electron chi connectivity index (χ3n) is 2.54. The lowest BCUT2D eigenvalue weighted by molar-refractivity contribution is 0.0700. The molecule has 0 fully saturated rings. The largest absolute Gasteiger partial charge is 0.397 e. The smallest absolute Gasteiger partial charge is 0.293 e. The SMILES string of the molecule is CNc1cc(F)ccc1N.O=Cc1ccc(C(=O)NO)nc1. The van der Waals surface area contributed by atoms with Gasteiger partial charge in [-0.15, -0.1) is 0 Å². The van der Waals surface area contributed by atoms with Crippen LogP contribution in [0.25, 0.3) is 0 Å². The highest BCUT2D eigenvalue weighted by molar-refractivity contribution is 5.91. The Morgan fingerprint density at radius 2 is 2.09 bits per heavy atom. The first-order chi connectivity index (χ1) is 10.5. The molecule has 2 aromatic rings. The van der Waals surface area contributed by atoms with Crippen LogP contribution in [0.1, 0.15) is 20.8 Å².